The lowest BCUT2D eigenvalue weighted by molar-refractivity contribution is 0.386. The Morgan fingerprint density at radius 2 is 1.94 bits per heavy atom. The average Bonchev–Trinajstić information content (AvgIpc) is 3.04. The quantitative estimate of drug-likeness (QED) is 0.710. The first-order valence-electron chi connectivity index (χ1n) is 7.19. The van der Waals surface area contributed by atoms with Crippen molar-refractivity contribution in [1.82, 2.24) is 5.32 Å². The van der Waals surface area contributed by atoms with E-state index in [1.54, 1.807) is 5.57 Å². The third kappa shape index (κ3) is 3.10. The van der Waals surface area contributed by atoms with Crippen molar-refractivity contribution in [2.24, 2.45) is 11.8 Å². The van der Waals surface area contributed by atoms with Gasteiger partial charge in [0.05, 0.1) is 0 Å². The zero-order valence-electron chi connectivity index (χ0n) is 11.0. The highest BCUT2D eigenvalue weighted by molar-refractivity contribution is 5.14. The van der Waals surface area contributed by atoms with Gasteiger partial charge in [-0.15, -0.1) is 0 Å². The van der Waals surface area contributed by atoms with Crippen molar-refractivity contribution in [1.29, 1.82) is 0 Å². The molecule has 2 rings (SSSR count). The van der Waals surface area contributed by atoms with E-state index in [0.29, 0.717) is 6.04 Å². The topological polar surface area (TPSA) is 12.0 Å². The van der Waals surface area contributed by atoms with Crippen LogP contribution in [0.2, 0.25) is 0 Å². The smallest absolute Gasteiger partial charge is 0.0305 e. The molecule has 0 radical (unpaired) electrons. The molecule has 0 amide bonds. The van der Waals surface area contributed by atoms with Gasteiger partial charge in [0.2, 0.25) is 0 Å². The first-order chi connectivity index (χ1) is 7.83. The Hall–Kier alpha value is -0.300. The second-order valence-corrected chi connectivity index (χ2v) is 5.69. The molecular formula is C15H27N. The van der Waals surface area contributed by atoms with E-state index in [2.05, 4.69) is 25.4 Å². The van der Waals surface area contributed by atoms with Gasteiger partial charge >= 0.3 is 0 Å². The second kappa shape index (κ2) is 5.86. The lowest BCUT2D eigenvalue weighted by Crippen LogP contribution is -2.35. The van der Waals surface area contributed by atoms with Crippen LogP contribution in [0.15, 0.2) is 11.6 Å². The van der Waals surface area contributed by atoms with Gasteiger partial charge in [0.15, 0.2) is 0 Å². The lowest BCUT2D eigenvalue weighted by Gasteiger charge is -2.27. The third-order valence-electron chi connectivity index (χ3n) is 4.43. The van der Waals surface area contributed by atoms with Crippen LogP contribution in [-0.4, -0.2) is 13.1 Å². The largest absolute Gasteiger partial charge is 0.313 e. The maximum atomic E-state index is 3.57. The summed E-state index contributed by atoms with van der Waals surface area (Å²) in [6.45, 7) is 2.44. The van der Waals surface area contributed by atoms with Crippen LogP contribution in [0.4, 0.5) is 0 Å². The van der Waals surface area contributed by atoms with Gasteiger partial charge in [-0.2, -0.15) is 0 Å². The van der Waals surface area contributed by atoms with Crippen molar-refractivity contribution in [2.45, 2.75) is 64.3 Å². The van der Waals surface area contributed by atoms with Crippen molar-refractivity contribution < 1.29 is 0 Å². The Labute approximate surface area is 101 Å². The fraction of sp³-hybridized carbons (Fsp3) is 0.867. The van der Waals surface area contributed by atoms with Crippen LogP contribution in [0, 0.1) is 11.8 Å². The first kappa shape index (κ1) is 12.2. The van der Waals surface area contributed by atoms with Crippen LogP contribution in [0.25, 0.3) is 0 Å². The third-order valence-corrected chi connectivity index (χ3v) is 4.43. The fourth-order valence-electron chi connectivity index (χ4n) is 3.18. The first-order valence-corrected chi connectivity index (χ1v) is 7.19. The summed E-state index contributed by atoms with van der Waals surface area (Å²) in [4.78, 5) is 0. The summed E-state index contributed by atoms with van der Waals surface area (Å²) in [7, 11) is 2.14. The van der Waals surface area contributed by atoms with Gasteiger partial charge in [-0.05, 0) is 57.4 Å². The van der Waals surface area contributed by atoms with Gasteiger partial charge in [-0.1, -0.05) is 31.4 Å². The van der Waals surface area contributed by atoms with Crippen molar-refractivity contribution in [3.63, 3.8) is 0 Å². The van der Waals surface area contributed by atoms with Gasteiger partial charge in [0.1, 0.15) is 0 Å². The molecular weight excluding hydrogens is 194 g/mol. The SMILES string of the molecule is CNC(C1=CCCCCCC1)C(C)C1CC1. The highest BCUT2D eigenvalue weighted by Crippen LogP contribution is 2.40. The number of hydrogen-bond acceptors (Lipinski definition) is 1. The molecule has 1 nitrogen and oxygen atoms in total. The van der Waals surface area contributed by atoms with E-state index in [4.69, 9.17) is 0 Å². The van der Waals surface area contributed by atoms with E-state index in [1.807, 2.05) is 0 Å². The Kier molecular flexibility index (Phi) is 4.45. The molecule has 0 heterocycles. The minimum Gasteiger partial charge on any atom is -0.313 e. The molecule has 1 heteroatoms. The normalized spacial score (nSPS) is 26.5. The molecule has 0 aromatic rings. The van der Waals surface area contributed by atoms with Gasteiger partial charge < -0.3 is 5.32 Å². The van der Waals surface area contributed by atoms with Gasteiger partial charge in [0, 0.05) is 6.04 Å². The van der Waals surface area contributed by atoms with Crippen LogP contribution >= 0.6 is 0 Å². The molecule has 1 saturated carbocycles. The number of rotatable bonds is 4. The number of likely N-dealkylation sites (N-methyl/N-ethyl adjacent to an activating group) is 1. The minimum atomic E-state index is 0.658. The van der Waals surface area contributed by atoms with Gasteiger partial charge in [-0.3, -0.25) is 0 Å². The molecule has 2 atom stereocenters. The molecule has 2 aliphatic carbocycles. The van der Waals surface area contributed by atoms with Gasteiger partial charge in [0.25, 0.3) is 0 Å². The Morgan fingerprint density at radius 3 is 2.62 bits per heavy atom. The molecule has 1 N–H and O–H groups in total. The number of hydrogen-bond donors (Lipinski definition) is 1. The van der Waals surface area contributed by atoms with Crippen LogP contribution in [0.5, 0.6) is 0 Å². The predicted molar refractivity (Wildman–Crippen MR) is 70.5 cm³/mol. The number of allylic oxidation sites excluding steroid dienone is 1. The molecule has 0 saturated heterocycles. The molecule has 16 heavy (non-hydrogen) atoms. The maximum Gasteiger partial charge on any atom is 0.0305 e. The molecule has 0 spiro atoms. The molecule has 0 bridgehead atoms. The fourth-order valence-corrected chi connectivity index (χ4v) is 3.18. The standard InChI is InChI=1S/C15H27N/c1-12(13-10-11-13)15(16-2)14-8-6-4-3-5-7-9-14/h8,12-13,15-16H,3-7,9-11H2,1-2H3. The summed E-state index contributed by atoms with van der Waals surface area (Å²) >= 11 is 0. The molecule has 1 fully saturated rings. The van der Waals surface area contributed by atoms with E-state index < -0.39 is 0 Å². The Morgan fingerprint density at radius 1 is 1.19 bits per heavy atom. The highest BCUT2D eigenvalue weighted by atomic mass is 14.9. The Bertz CT molecular complexity index is 240. The molecule has 2 aliphatic rings. The van der Waals surface area contributed by atoms with E-state index in [0.717, 1.165) is 11.8 Å². The van der Waals surface area contributed by atoms with Crippen LogP contribution in [0.3, 0.4) is 0 Å². The molecule has 2 unspecified atom stereocenters. The maximum absolute atomic E-state index is 3.57. The van der Waals surface area contributed by atoms with Crippen molar-refractivity contribution in [2.75, 3.05) is 7.05 Å². The summed E-state index contributed by atoms with van der Waals surface area (Å²) < 4.78 is 0. The number of nitrogens with one attached hydrogen (secondary N) is 1. The summed E-state index contributed by atoms with van der Waals surface area (Å²) in [5.74, 6) is 1.85. The van der Waals surface area contributed by atoms with E-state index in [1.165, 1.54) is 51.4 Å². The van der Waals surface area contributed by atoms with Crippen molar-refractivity contribution >= 4 is 0 Å². The molecule has 0 aromatic carbocycles. The van der Waals surface area contributed by atoms with Crippen molar-refractivity contribution in [3.05, 3.63) is 11.6 Å². The summed E-state index contributed by atoms with van der Waals surface area (Å²) in [5, 5.41) is 3.57. The molecule has 0 aromatic heterocycles. The van der Waals surface area contributed by atoms with Crippen LogP contribution < -0.4 is 5.32 Å². The summed E-state index contributed by atoms with van der Waals surface area (Å²) in [5.41, 5.74) is 1.71. The van der Waals surface area contributed by atoms with Crippen LogP contribution in [-0.2, 0) is 0 Å². The average molecular weight is 221 g/mol. The molecule has 92 valence electrons. The van der Waals surface area contributed by atoms with E-state index in [-0.39, 0.29) is 0 Å². The van der Waals surface area contributed by atoms with E-state index >= 15 is 0 Å². The zero-order chi connectivity index (χ0) is 11.4. The van der Waals surface area contributed by atoms with Crippen molar-refractivity contribution in [3.8, 4) is 0 Å². The minimum absolute atomic E-state index is 0.658. The Balaban J connectivity index is 1.99. The summed E-state index contributed by atoms with van der Waals surface area (Å²) in [6, 6.07) is 0.658. The second-order valence-electron chi connectivity index (χ2n) is 5.69. The monoisotopic (exact) mass is 221 g/mol. The van der Waals surface area contributed by atoms with E-state index in [9.17, 15) is 0 Å². The zero-order valence-corrected chi connectivity index (χ0v) is 11.0. The lowest BCUT2D eigenvalue weighted by atomic mass is 9.86. The van der Waals surface area contributed by atoms with Crippen LogP contribution in [0.1, 0.15) is 58.3 Å². The molecule has 0 aliphatic heterocycles. The van der Waals surface area contributed by atoms with Gasteiger partial charge in [-0.25, -0.2) is 0 Å². The predicted octanol–water partition coefficient (Wildman–Crippen LogP) is 3.90. The summed E-state index contributed by atoms with van der Waals surface area (Å²) in [6.07, 6.45) is 13.8. The highest BCUT2D eigenvalue weighted by Gasteiger charge is 2.33.